The maximum Gasteiger partial charge on any atom is 0.293 e. The number of rotatable bonds is 5. The highest BCUT2D eigenvalue weighted by atomic mass is 32.2. The van der Waals surface area contributed by atoms with E-state index in [4.69, 9.17) is 9.47 Å². The largest absolute Gasteiger partial charge is 0.493 e. The molecule has 1 aliphatic heterocycles. The second kappa shape index (κ2) is 7.07. The van der Waals surface area contributed by atoms with Gasteiger partial charge in [-0.05, 0) is 41.8 Å². The smallest absolute Gasteiger partial charge is 0.293 e. The number of hydrogen-bond acceptors (Lipinski definition) is 7. The van der Waals surface area contributed by atoms with Crippen molar-refractivity contribution in [3.05, 3.63) is 51.6 Å². The molecule has 0 bridgehead atoms. The Bertz CT molecular complexity index is 1000. The molecular weight excluding hydrogens is 372 g/mol. The molecule has 2 aromatic carbocycles. The van der Waals surface area contributed by atoms with Gasteiger partial charge in [0.15, 0.2) is 21.3 Å². The van der Waals surface area contributed by atoms with Crippen LogP contribution >= 0.6 is 0 Å². The fourth-order valence-corrected chi connectivity index (χ4v) is 3.88. The average molecular weight is 392 g/mol. The van der Waals surface area contributed by atoms with E-state index in [0.29, 0.717) is 36.7 Å². The molecule has 0 unspecified atom stereocenters. The topological polar surface area (TPSA) is 99.0 Å². The maximum atomic E-state index is 11.7. The van der Waals surface area contributed by atoms with E-state index in [0.717, 1.165) is 23.4 Å². The van der Waals surface area contributed by atoms with E-state index in [2.05, 4.69) is 0 Å². The van der Waals surface area contributed by atoms with Crippen LogP contribution < -0.4 is 14.4 Å². The van der Waals surface area contributed by atoms with Crippen LogP contribution in [-0.4, -0.2) is 40.4 Å². The summed E-state index contributed by atoms with van der Waals surface area (Å²) in [5.41, 5.74) is 2.26. The van der Waals surface area contributed by atoms with Crippen molar-refractivity contribution in [1.29, 1.82) is 0 Å². The number of nitrogens with zero attached hydrogens (tertiary/aromatic N) is 2. The molecule has 0 atom stereocenters. The van der Waals surface area contributed by atoms with Crippen LogP contribution in [0.4, 0.5) is 11.4 Å². The highest BCUT2D eigenvalue weighted by molar-refractivity contribution is 7.90. The first kappa shape index (κ1) is 19.0. The summed E-state index contributed by atoms with van der Waals surface area (Å²) in [6.07, 6.45) is 1.71. The lowest BCUT2D eigenvalue weighted by molar-refractivity contribution is -0.384. The molecule has 0 saturated heterocycles. The van der Waals surface area contributed by atoms with Crippen LogP contribution in [0.1, 0.15) is 11.1 Å². The zero-order chi connectivity index (χ0) is 19.8. The molecule has 8 nitrogen and oxygen atoms in total. The predicted molar refractivity (Wildman–Crippen MR) is 101 cm³/mol. The number of hydrogen-bond donors (Lipinski definition) is 0. The number of fused-ring (bicyclic) bond motifs is 1. The highest BCUT2D eigenvalue weighted by Crippen LogP contribution is 2.37. The van der Waals surface area contributed by atoms with Gasteiger partial charge in [-0.2, -0.15) is 0 Å². The van der Waals surface area contributed by atoms with Crippen LogP contribution in [0, 0.1) is 10.1 Å². The van der Waals surface area contributed by atoms with Gasteiger partial charge < -0.3 is 14.4 Å². The quantitative estimate of drug-likeness (QED) is 0.569. The summed E-state index contributed by atoms with van der Waals surface area (Å²) in [7, 11) is -0.394. The van der Waals surface area contributed by atoms with Gasteiger partial charge in [0, 0.05) is 25.4 Å². The average Bonchev–Trinajstić information content (AvgIpc) is 2.65. The number of benzene rings is 2. The van der Waals surface area contributed by atoms with E-state index >= 15 is 0 Å². The first-order valence-electron chi connectivity index (χ1n) is 8.22. The Morgan fingerprint density at radius 1 is 1.07 bits per heavy atom. The summed E-state index contributed by atoms with van der Waals surface area (Å²) in [4.78, 5) is 12.8. The minimum absolute atomic E-state index is 0.0678. The van der Waals surface area contributed by atoms with Gasteiger partial charge >= 0.3 is 0 Å². The van der Waals surface area contributed by atoms with Gasteiger partial charge in [0.05, 0.1) is 24.0 Å². The number of nitro groups is 1. The van der Waals surface area contributed by atoms with Gasteiger partial charge in [0.2, 0.25) is 0 Å². The molecular formula is C18H20N2O6S. The van der Waals surface area contributed by atoms with Gasteiger partial charge in [-0.15, -0.1) is 0 Å². The molecule has 1 heterocycles. The minimum atomic E-state index is -3.53. The third-order valence-corrected chi connectivity index (χ3v) is 5.74. The second-order valence-corrected chi connectivity index (χ2v) is 8.34. The van der Waals surface area contributed by atoms with Gasteiger partial charge in [0.25, 0.3) is 5.69 Å². The van der Waals surface area contributed by atoms with Crippen molar-refractivity contribution in [3.8, 4) is 11.5 Å². The molecule has 0 amide bonds. The van der Waals surface area contributed by atoms with Crippen molar-refractivity contribution in [3.63, 3.8) is 0 Å². The molecule has 0 aliphatic carbocycles. The highest BCUT2D eigenvalue weighted by Gasteiger charge is 2.26. The second-order valence-electron chi connectivity index (χ2n) is 6.33. The molecule has 0 N–H and O–H groups in total. The first-order chi connectivity index (χ1) is 12.7. The normalized spacial score (nSPS) is 13.8. The van der Waals surface area contributed by atoms with Gasteiger partial charge in [-0.3, -0.25) is 10.1 Å². The van der Waals surface area contributed by atoms with E-state index in [1.165, 1.54) is 12.1 Å². The molecule has 0 spiro atoms. The molecule has 3 rings (SSSR count). The van der Waals surface area contributed by atoms with E-state index in [9.17, 15) is 18.5 Å². The van der Waals surface area contributed by atoms with Gasteiger partial charge in [-0.1, -0.05) is 0 Å². The number of nitro benzene ring substituents is 1. The maximum absolute atomic E-state index is 11.7. The van der Waals surface area contributed by atoms with E-state index in [1.54, 1.807) is 14.2 Å². The van der Waals surface area contributed by atoms with Crippen molar-refractivity contribution in [2.45, 2.75) is 17.9 Å². The van der Waals surface area contributed by atoms with Gasteiger partial charge in [0.1, 0.15) is 5.69 Å². The first-order valence-corrected chi connectivity index (χ1v) is 10.1. The zero-order valence-corrected chi connectivity index (χ0v) is 16.1. The zero-order valence-electron chi connectivity index (χ0n) is 15.3. The number of sulfone groups is 1. The Morgan fingerprint density at radius 2 is 1.70 bits per heavy atom. The Labute approximate surface area is 157 Å². The lowest BCUT2D eigenvalue weighted by Crippen LogP contribution is -2.31. The van der Waals surface area contributed by atoms with Crippen LogP contribution in [0.5, 0.6) is 11.5 Å². The standard InChI is InChI=1S/C18H20N2O6S/c1-25-17-8-12-6-7-19(11-13(12)9-18(17)26-2)15-5-4-14(27(3,23)24)10-16(15)20(21)22/h4-5,8-10H,6-7,11H2,1-3H3. The van der Waals surface area contributed by atoms with Crippen molar-refractivity contribution in [2.24, 2.45) is 0 Å². The Hall–Kier alpha value is -2.81. The van der Waals surface area contributed by atoms with E-state index in [-0.39, 0.29) is 10.6 Å². The summed E-state index contributed by atoms with van der Waals surface area (Å²) < 4.78 is 34.1. The lowest BCUT2D eigenvalue weighted by Gasteiger charge is -2.31. The van der Waals surface area contributed by atoms with Crippen molar-refractivity contribution in [2.75, 3.05) is 31.9 Å². The molecule has 27 heavy (non-hydrogen) atoms. The number of anilines is 1. The Morgan fingerprint density at radius 3 is 2.26 bits per heavy atom. The van der Waals surface area contributed by atoms with E-state index in [1.807, 2.05) is 17.0 Å². The van der Waals surface area contributed by atoms with Crippen LogP contribution in [0.3, 0.4) is 0 Å². The Balaban J connectivity index is 2.01. The molecule has 0 saturated carbocycles. The number of methoxy groups -OCH3 is 2. The minimum Gasteiger partial charge on any atom is -0.493 e. The number of ether oxygens (including phenoxy) is 2. The molecule has 0 aromatic heterocycles. The lowest BCUT2D eigenvalue weighted by atomic mass is 9.98. The van der Waals surface area contributed by atoms with Crippen molar-refractivity contribution >= 4 is 21.2 Å². The fraction of sp³-hybridized carbons (Fsp3) is 0.333. The van der Waals surface area contributed by atoms with Crippen LogP contribution in [-0.2, 0) is 22.8 Å². The van der Waals surface area contributed by atoms with Crippen molar-refractivity contribution in [1.82, 2.24) is 0 Å². The van der Waals surface area contributed by atoms with Gasteiger partial charge in [-0.25, -0.2) is 8.42 Å². The summed E-state index contributed by atoms with van der Waals surface area (Å²) in [5, 5.41) is 11.5. The molecule has 2 aromatic rings. The monoisotopic (exact) mass is 392 g/mol. The fourth-order valence-electron chi connectivity index (χ4n) is 3.24. The third-order valence-electron chi connectivity index (χ3n) is 4.63. The van der Waals surface area contributed by atoms with Crippen LogP contribution in [0.15, 0.2) is 35.2 Å². The van der Waals surface area contributed by atoms with Crippen LogP contribution in [0.2, 0.25) is 0 Å². The summed E-state index contributed by atoms with van der Waals surface area (Å²) in [6.45, 7) is 1.02. The predicted octanol–water partition coefficient (Wildman–Crippen LogP) is 2.58. The molecule has 9 heteroatoms. The molecule has 0 fully saturated rings. The molecule has 1 aliphatic rings. The molecule has 0 radical (unpaired) electrons. The summed E-state index contributed by atoms with van der Waals surface area (Å²) in [6, 6.07) is 7.82. The third kappa shape index (κ3) is 3.68. The van der Waals surface area contributed by atoms with Crippen molar-refractivity contribution < 1.29 is 22.8 Å². The SMILES string of the molecule is COc1cc2c(cc1OC)CN(c1ccc(S(C)(=O)=O)cc1[N+](=O)[O-])CC2. The Kier molecular flexibility index (Phi) is 4.97. The molecule has 144 valence electrons. The van der Waals surface area contributed by atoms with E-state index < -0.39 is 14.8 Å². The summed E-state index contributed by atoms with van der Waals surface area (Å²) >= 11 is 0. The summed E-state index contributed by atoms with van der Waals surface area (Å²) in [5.74, 6) is 1.24. The van der Waals surface area contributed by atoms with Crippen LogP contribution in [0.25, 0.3) is 0 Å².